The van der Waals surface area contributed by atoms with E-state index in [0.717, 1.165) is 10.8 Å². The maximum atomic E-state index is 9.29. The molecule has 4 heteroatoms. The lowest BCUT2D eigenvalue weighted by atomic mass is 10.1. The first-order valence-electron chi connectivity index (χ1n) is 4.06. The average Bonchev–Trinajstić information content (AvgIpc) is 2.19. The number of pyridine rings is 1. The molecule has 0 unspecified atom stereocenters. The van der Waals surface area contributed by atoms with E-state index in [9.17, 15) is 5.11 Å². The van der Waals surface area contributed by atoms with Crippen LogP contribution in [0, 0.1) is 0 Å². The minimum Gasteiger partial charge on any atom is -0.508 e. The largest absolute Gasteiger partial charge is 0.508 e. The van der Waals surface area contributed by atoms with Crippen molar-refractivity contribution in [1.82, 2.24) is 4.98 Å². The number of aromatic hydroxyl groups is 1. The van der Waals surface area contributed by atoms with Crippen LogP contribution in [0.3, 0.4) is 0 Å². The fraction of sp³-hybridized carbons (Fsp3) is 0. The Balaban J connectivity index is 2.77. The number of benzene rings is 1. The lowest BCUT2D eigenvalue weighted by molar-refractivity contribution is 0.321. The lowest BCUT2D eigenvalue weighted by Crippen LogP contribution is -1.88. The van der Waals surface area contributed by atoms with E-state index in [1.54, 1.807) is 24.4 Å². The minimum atomic E-state index is 0.165. The van der Waals surface area contributed by atoms with Crippen molar-refractivity contribution in [2.24, 2.45) is 5.16 Å². The van der Waals surface area contributed by atoms with Crippen molar-refractivity contribution in [2.45, 2.75) is 0 Å². The van der Waals surface area contributed by atoms with E-state index in [1.165, 1.54) is 6.21 Å². The normalized spacial score (nSPS) is 11.1. The van der Waals surface area contributed by atoms with Gasteiger partial charge in [-0.3, -0.25) is 4.98 Å². The summed E-state index contributed by atoms with van der Waals surface area (Å²) in [6, 6.07) is 6.78. The molecule has 0 aliphatic carbocycles. The number of oxime groups is 1. The summed E-state index contributed by atoms with van der Waals surface area (Å²) in [6.45, 7) is 0. The molecule has 0 aliphatic heterocycles. The second-order valence-electron chi connectivity index (χ2n) is 2.85. The molecule has 0 saturated heterocycles. The number of rotatable bonds is 1. The first-order valence-corrected chi connectivity index (χ1v) is 4.06. The molecule has 0 bridgehead atoms. The summed E-state index contributed by atoms with van der Waals surface area (Å²) in [5, 5.41) is 22.3. The lowest BCUT2D eigenvalue weighted by Gasteiger charge is -2.00. The number of nitrogens with zero attached hydrogens (tertiary/aromatic N) is 2. The van der Waals surface area contributed by atoms with Crippen LogP contribution in [0.5, 0.6) is 5.75 Å². The van der Waals surface area contributed by atoms with Gasteiger partial charge >= 0.3 is 0 Å². The molecular formula is C10H8N2O2. The van der Waals surface area contributed by atoms with Gasteiger partial charge < -0.3 is 10.3 Å². The average molecular weight is 188 g/mol. The van der Waals surface area contributed by atoms with Crippen molar-refractivity contribution in [3.8, 4) is 5.75 Å². The predicted molar refractivity (Wildman–Crippen MR) is 52.8 cm³/mol. The molecule has 14 heavy (non-hydrogen) atoms. The van der Waals surface area contributed by atoms with Gasteiger partial charge in [0, 0.05) is 11.6 Å². The van der Waals surface area contributed by atoms with E-state index < -0.39 is 0 Å². The van der Waals surface area contributed by atoms with Gasteiger partial charge in [-0.05, 0) is 23.6 Å². The van der Waals surface area contributed by atoms with Crippen molar-refractivity contribution < 1.29 is 10.3 Å². The van der Waals surface area contributed by atoms with Crippen LogP contribution >= 0.6 is 0 Å². The van der Waals surface area contributed by atoms with Crippen LogP contribution in [0.2, 0.25) is 0 Å². The zero-order valence-corrected chi connectivity index (χ0v) is 7.25. The number of hydrogen-bond acceptors (Lipinski definition) is 4. The van der Waals surface area contributed by atoms with Crippen molar-refractivity contribution in [2.75, 3.05) is 0 Å². The molecule has 0 radical (unpaired) electrons. The van der Waals surface area contributed by atoms with Crippen LogP contribution in [-0.2, 0) is 0 Å². The Morgan fingerprint density at radius 1 is 1.29 bits per heavy atom. The first kappa shape index (κ1) is 8.50. The second kappa shape index (κ2) is 3.33. The van der Waals surface area contributed by atoms with Gasteiger partial charge in [0.2, 0.25) is 0 Å². The van der Waals surface area contributed by atoms with E-state index in [1.807, 2.05) is 6.07 Å². The highest BCUT2D eigenvalue weighted by atomic mass is 16.4. The summed E-state index contributed by atoms with van der Waals surface area (Å²) in [5.41, 5.74) is 0.529. The first-order chi connectivity index (χ1) is 6.81. The Bertz CT molecular complexity index is 494. The van der Waals surface area contributed by atoms with Gasteiger partial charge in [0.1, 0.15) is 5.75 Å². The van der Waals surface area contributed by atoms with E-state index in [2.05, 4.69) is 10.1 Å². The van der Waals surface area contributed by atoms with Gasteiger partial charge in [-0.15, -0.1) is 0 Å². The van der Waals surface area contributed by atoms with Crippen LogP contribution in [0.25, 0.3) is 10.8 Å². The van der Waals surface area contributed by atoms with E-state index in [-0.39, 0.29) is 5.75 Å². The number of hydrogen-bond donors (Lipinski definition) is 2. The van der Waals surface area contributed by atoms with Crippen molar-refractivity contribution in [1.29, 1.82) is 0 Å². The predicted octanol–water partition coefficient (Wildman–Crippen LogP) is 1.75. The van der Waals surface area contributed by atoms with Gasteiger partial charge in [0.15, 0.2) is 0 Å². The number of phenols is 1. The summed E-state index contributed by atoms with van der Waals surface area (Å²) in [7, 11) is 0. The minimum absolute atomic E-state index is 0.165. The highest BCUT2D eigenvalue weighted by Gasteiger charge is 2.00. The Kier molecular flexibility index (Phi) is 2.02. The third-order valence-electron chi connectivity index (χ3n) is 1.96. The Morgan fingerprint density at radius 2 is 2.14 bits per heavy atom. The molecule has 1 heterocycles. The van der Waals surface area contributed by atoms with Gasteiger partial charge in [0.25, 0.3) is 0 Å². The molecule has 0 amide bonds. The molecule has 1 aromatic carbocycles. The number of phenolic OH excluding ortho intramolecular Hbond substituents is 1. The summed E-state index contributed by atoms with van der Waals surface area (Å²) < 4.78 is 0. The Labute approximate surface area is 80.1 Å². The monoisotopic (exact) mass is 188 g/mol. The van der Waals surface area contributed by atoms with Crippen LogP contribution in [0.1, 0.15) is 5.69 Å². The quantitative estimate of drug-likeness (QED) is 0.407. The van der Waals surface area contributed by atoms with E-state index >= 15 is 0 Å². The van der Waals surface area contributed by atoms with E-state index in [4.69, 9.17) is 5.21 Å². The molecule has 0 atom stereocenters. The van der Waals surface area contributed by atoms with Gasteiger partial charge in [-0.1, -0.05) is 11.2 Å². The molecule has 0 saturated carbocycles. The summed E-state index contributed by atoms with van der Waals surface area (Å²) in [6.07, 6.45) is 2.86. The third-order valence-corrected chi connectivity index (χ3v) is 1.96. The molecule has 2 aromatic rings. The molecule has 70 valence electrons. The fourth-order valence-corrected chi connectivity index (χ4v) is 1.34. The third kappa shape index (κ3) is 1.37. The summed E-state index contributed by atoms with van der Waals surface area (Å²) in [5.74, 6) is 0.165. The molecule has 2 N–H and O–H groups in total. The molecule has 0 fully saturated rings. The zero-order chi connectivity index (χ0) is 9.97. The fourth-order valence-electron chi connectivity index (χ4n) is 1.34. The Morgan fingerprint density at radius 3 is 2.93 bits per heavy atom. The van der Waals surface area contributed by atoms with Crippen molar-refractivity contribution in [3.05, 3.63) is 36.2 Å². The highest BCUT2D eigenvalue weighted by molar-refractivity contribution is 5.98. The molecule has 0 spiro atoms. The maximum absolute atomic E-state index is 9.29. The van der Waals surface area contributed by atoms with Crippen LogP contribution in [0.4, 0.5) is 0 Å². The van der Waals surface area contributed by atoms with Crippen molar-refractivity contribution >= 4 is 17.0 Å². The topological polar surface area (TPSA) is 65.7 Å². The van der Waals surface area contributed by atoms with E-state index in [0.29, 0.717) is 5.69 Å². The maximum Gasteiger partial charge on any atom is 0.116 e. The van der Waals surface area contributed by atoms with Crippen molar-refractivity contribution in [3.63, 3.8) is 0 Å². The summed E-state index contributed by atoms with van der Waals surface area (Å²) >= 11 is 0. The van der Waals surface area contributed by atoms with Gasteiger partial charge in [-0.2, -0.15) is 0 Å². The molecule has 0 aliphatic rings. The molecule has 4 nitrogen and oxygen atoms in total. The van der Waals surface area contributed by atoms with Crippen LogP contribution < -0.4 is 0 Å². The van der Waals surface area contributed by atoms with Gasteiger partial charge in [-0.25, -0.2) is 0 Å². The zero-order valence-electron chi connectivity index (χ0n) is 7.25. The van der Waals surface area contributed by atoms with Gasteiger partial charge in [0.05, 0.1) is 11.9 Å². The number of fused-ring (bicyclic) bond motifs is 1. The molecule has 1 aromatic heterocycles. The molecular weight excluding hydrogens is 180 g/mol. The standard InChI is InChI=1S/C10H8N2O2/c13-8-2-1-7-3-4-11-10(6-12-14)9(7)5-8/h1-6,13-14H. The molecule has 2 rings (SSSR count). The smallest absolute Gasteiger partial charge is 0.116 e. The SMILES string of the molecule is ON=Cc1nccc2ccc(O)cc12. The summed E-state index contributed by atoms with van der Waals surface area (Å²) in [4.78, 5) is 4.02. The number of aromatic nitrogens is 1. The highest BCUT2D eigenvalue weighted by Crippen LogP contribution is 2.20. The second-order valence-corrected chi connectivity index (χ2v) is 2.85. The Hall–Kier alpha value is -2.10. The van der Waals surface area contributed by atoms with Crippen LogP contribution in [0.15, 0.2) is 35.6 Å². The van der Waals surface area contributed by atoms with Crippen LogP contribution in [-0.4, -0.2) is 21.5 Å².